The van der Waals surface area contributed by atoms with Crippen LogP contribution in [-0.4, -0.2) is 0 Å². The number of thiophene rings is 2. The second-order valence-electron chi connectivity index (χ2n) is 15.2. The largest absolute Gasteiger partial charge is 0.311 e. The van der Waals surface area contributed by atoms with E-state index in [-0.39, 0.29) is 0 Å². The Morgan fingerprint density at radius 1 is 0.288 bits per heavy atom. The fourth-order valence-electron chi connectivity index (χ4n) is 9.08. The smallest absolute Gasteiger partial charge is 0.0462 e. The molecule has 1 nitrogen and oxygen atoms in total. The summed E-state index contributed by atoms with van der Waals surface area (Å²) in [5.41, 5.74) is 10.7. The second kappa shape index (κ2) is 13.8. The number of hydrogen-bond acceptors (Lipinski definition) is 3. The quantitative estimate of drug-likeness (QED) is 0.152. The maximum absolute atomic E-state index is 2.38. The van der Waals surface area contributed by atoms with Crippen molar-refractivity contribution < 1.29 is 0 Å². The first-order valence-corrected chi connectivity index (χ1v) is 21.7. The standard InChI is InChI=1S/C56H35NS2/c1-2-11-36(12-3-1)37-21-27-41(28-22-37)57(43-31-25-39(26-32-43)50-35-40-13-4-5-14-44(40)46-15-6-7-16-47(46)50)42-29-23-38(24-30-42)45-18-10-20-52-54(45)55-53(58-52)34-33-49-48-17-8-9-19-51(48)59-56(49)55/h1-35H. The minimum atomic E-state index is 1.11. The highest BCUT2D eigenvalue weighted by atomic mass is 32.1. The lowest BCUT2D eigenvalue weighted by Crippen LogP contribution is -2.09. The molecule has 2 heterocycles. The molecular weight excluding hydrogens is 751 g/mol. The minimum absolute atomic E-state index is 1.11. The molecule has 0 atom stereocenters. The zero-order valence-electron chi connectivity index (χ0n) is 32.0. The predicted octanol–water partition coefficient (Wildman–Crippen LogP) is 17.2. The van der Waals surface area contributed by atoms with Crippen molar-refractivity contribution >= 4 is 102 Å². The molecule has 0 N–H and O–H groups in total. The topological polar surface area (TPSA) is 3.24 Å². The summed E-state index contributed by atoms with van der Waals surface area (Å²) >= 11 is 3.81. The maximum Gasteiger partial charge on any atom is 0.0462 e. The third-order valence-corrected chi connectivity index (χ3v) is 14.2. The van der Waals surface area contributed by atoms with Crippen molar-refractivity contribution in [1.29, 1.82) is 0 Å². The number of anilines is 3. The fourth-order valence-corrected chi connectivity index (χ4v) is 11.5. The SMILES string of the molecule is c1ccc(-c2ccc(N(c3ccc(-c4cc5ccccc5c5ccccc45)cc3)c3ccc(-c4cccc5sc6ccc7c8ccccc8sc7c6c45)cc3)cc2)cc1. The van der Waals surface area contributed by atoms with Crippen LogP contribution in [0.5, 0.6) is 0 Å². The molecule has 0 amide bonds. The van der Waals surface area contributed by atoms with Crippen LogP contribution in [0.1, 0.15) is 0 Å². The molecular formula is C56H35NS2. The molecule has 59 heavy (non-hydrogen) atoms. The van der Waals surface area contributed by atoms with Gasteiger partial charge in [-0.05, 0) is 116 Å². The Bertz CT molecular complexity index is 3520. The van der Waals surface area contributed by atoms with E-state index in [2.05, 4.69) is 217 Å². The van der Waals surface area contributed by atoms with E-state index in [1.54, 1.807) is 0 Å². The average Bonchev–Trinajstić information content (AvgIpc) is 3.89. The van der Waals surface area contributed by atoms with E-state index in [9.17, 15) is 0 Å². The van der Waals surface area contributed by atoms with E-state index < -0.39 is 0 Å². The molecule has 276 valence electrons. The van der Waals surface area contributed by atoms with Crippen LogP contribution in [-0.2, 0) is 0 Å². The van der Waals surface area contributed by atoms with Crippen LogP contribution in [0, 0.1) is 0 Å². The first-order valence-electron chi connectivity index (χ1n) is 20.1. The second-order valence-corrected chi connectivity index (χ2v) is 17.4. The molecule has 0 aliphatic rings. The lowest BCUT2D eigenvalue weighted by Gasteiger charge is -2.26. The molecule has 0 aliphatic heterocycles. The van der Waals surface area contributed by atoms with Crippen molar-refractivity contribution in [2.45, 2.75) is 0 Å². The lowest BCUT2D eigenvalue weighted by atomic mass is 9.93. The molecule has 0 radical (unpaired) electrons. The van der Waals surface area contributed by atoms with Gasteiger partial charge in [0.2, 0.25) is 0 Å². The Morgan fingerprint density at radius 2 is 0.831 bits per heavy atom. The summed E-state index contributed by atoms with van der Waals surface area (Å²) in [4.78, 5) is 2.38. The van der Waals surface area contributed by atoms with Gasteiger partial charge in [0.25, 0.3) is 0 Å². The highest BCUT2D eigenvalue weighted by Crippen LogP contribution is 2.48. The van der Waals surface area contributed by atoms with Crippen molar-refractivity contribution in [2.75, 3.05) is 4.90 Å². The van der Waals surface area contributed by atoms with Gasteiger partial charge in [0.1, 0.15) is 0 Å². The summed E-state index contributed by atoms with van der Waals surface area (Å²) in [6.07, 6.45) is 0. The normalized spacial score (nSPS) is 11.7. The van der Waals surface area contributed by atoms with Gasteiger partial charge in [-0.2, -0.15) is 0 Å². The van der Waals surface area contributed by atoms with Crippen molar-refractivity contribution in [3.05, 3.63) is 212 Å². The zero-order chi connectivity index (χ0) is 38.9. The van der Waals surface area contributed by atoms with Gasteiger partial charge in [-0.25, -0.2) is 0 Å². The summed E-state index contributed by atoms with van der Waals surface area (Å²) < 4.78 is 5.38. The van der Waals surface area contributed by atoms with Crippen LogP contribution in [0.15, 0.2) is 212 Å². The van der Waals surface area contributed by atoms with Crippen LogP contribution in [0.4, 0.5) is 17.1 Å². The molecule has 0 saturated carbocycles. The predicted molar refractivity (Wildman–Crippen MR) is 258 cm³/mol. The van der Waals surface area contributed by atoms with Gasteiger partial charge in [0.05, 0.1) is 0 Å². The molecule has 0 saturated heterocycles. The number of fused-ring (bicyclic) bond motifs is 10. The van der Waals surface area contributed by atoms with E-state index in [1.165, 1.54) is 95.3 Å². The summed E-state index contributed by atoms with van der Waals surface area (Å²) in [7, 11) is 0. The molecule has 12 rings (SSSR count). The van der Waals surface area contributed by atoms with Crippen LogP contribution < -0.4 is 4.90 Å². The first-order chi connectivity index (χ1) is 29.2. The molecule has 0 fully saturated rings. The van der Waals surface area contributed by atoms with Gasteiger partial charge in [-0.15, -0.1) is 22.7 Å². The minimum Gasteiger partial charge on any atom is -0.311 e. The lowest BCUT2D eigenvalue weighted by molar-refractivity contribution is 1.28. The number of rotatable bonds is 6. The van der Waals surface area contributed by atoms with E-state index in [0.29, 0.717) is 0 Å². The third kappa shape index (κ3) is 5.66. The molecule has 12 aromatic rings. The highest BCUT2D eigenvalue weighted by molar-refractivity contribution is 7.29. The molecule has 0 spiro atoms. The van der Waals surface area contributed by atoms with Crippen molar-refractivity contribution in [3.8, 4) is 33.4 Å². The van der Waals surface area contributed by atoms with Crippen LogP contribution >= 0.6 is 22.7 Å². The van der Waals surface area contributed by atoms with Crippen LogP contribution in [0.25, 0.3) is 95.3 Å². The van der Waals surface area contributed by atoms with Crippen molar-refractivity contribution in [2.24, 2.45) is 0 Å². The molecule has 0 bridgehead atoms. The van der Waals surface area contributed by atoms with Gasteiger partial charge in [0.15, 0.2) is 0 Å². The molecule has 0 aliphatic carbocycles. The van der Waals surface area contributed by atoms with Gasteiger partial charge in [0, 0.05) is 57.4 Å². The van der Waals surface area contributed by atoms with Gasteiger partial charge in [-0.1, -0.05) is 152 Å². The Hall–Kier alpha value is -7.04. The summed E-state index contributed by atoms with van der Waals surface area (Å²) in [6.45, 7) is 0. The Kier molecular flexibility index (Phi) is 7.97. The fraction of sp³-hybridized carbons (Fsp3) is 0. The van der Waals surface area contributed by atoms with Gasteiger partial charge < -0.3 is 4.90 Å². The number of benzene rings is 10. The third-order valence-electron chi connectivity index (χ3n) is 11.9. The monoisotopic (exact) mass is 785 g/mol. The van der Waals surface area contributed by atoms with Crippen molar-refractivity contribution in [1.82, 2.24) is 0 Å². The van der Waals surface area contributed by atoms with E-state index in [4.69, 9.17) is 0 Å². The molecule has 3 heteroatoms. The first kappa shape index (κ1) is 34.0. The summed E-state index contributed by atoms with van der Waals surface area (Å²) in [5, 5.41) is 10.5. The Morgan fingerprint density at radius 3 is 1.56 bits per heavy atom. The maximum atomic E-state index is 2.38. The van der Waals surface area contributed by atoms with E-state index in [0.717, 1.165) is 17.1 Å². The molecule has 0 unspecified atom stereocenters. The zero-order valence-corrected chi connectivity index (χ0v) is 33.6. The molecule has 10 aromatic carbocycles. The Labute approximate surface area is 350 Å². The van der Waals surface area contributed by atoms with Crippen LogP contribution in [0.3, 0.4) is 0 Å². The van der Waals surface area contributed by atoms with Gasteiger partial charge in [-0.3, -0.25) is 0 Å². The van der Waals surface area contributed by atoms with E-state index >= 15 is 0 Å². The Balaban J connectivity index is 0.977. The van der Waals surface area contributed by atoms with Gasteiger partial charge >= 0.3 is 0 Å². The number of hydrogen-bond donors (Lipinski definition) is 0. The van der Waals surface area contributed by atoms with E-state index in [1.807, 2.05) is 22.7 Å². The number of nitrogens with zero attached hydrogens (tertiary/aromatic N) is 1. The summed E-state index contributed by atoms with van der Waals surface area (Å²) in [5.74, 6) is 0. The molecule has 2 aromatic heterocycles. The highest BCUT2D eigenvalue weighted by Gasteiger charge is 2.18. The average molecular weight is 786 g/mol. The van der Waals surface area contributed by atoms with Crippen molar-refractivity contribution in [3.63, 3.8) is 0 Å². The van der Waals surface area contributed by atoms with Crippen LogP contribution in [0.2, 0.25) is 0 Å². The summed E-state index contributed by atoms with van der Waals surface area (Å²) in [6, 6.07) is 77.9.